The van der Waals surface area contributed by atoms with Crippen molar-refractivity contribution in [1.29, 1.82) is 0 Å². The zero-order valence-corrected chi connectivity index (χ0v) is 25.8. The largest absolute Gasteiger partial charge is 0.385 e. The van der Waals surface area contributed by atoms with Crippen LogP contribution in [0.15, 0.2) is 47.1 Å². The van der Waals surface area contributed by atoms with Gasteiger partial charge in [-0.15, -0.1) is 0 Å². The third-order valence-electron chi connectivity index (χ3n) is 8.64. The average molecular weight is 662 g/mol. The van der Waals surface area contributed by atoms with Crippen LogP contribution in [0, 0.1) is 0 Å². The first kappa shape index (κ1) is 29.9. The fourth-order valence-electron chi connectivity index (χ4n) is 6.18. The van der Waals surface area contributed by atoms with E-state index in [9.17, 15) is 24.0 Å². The van der Waals surface area contributed by atoms with Crippen LogP contribution < -0.4 is 10.6 Å². The number of nitrogens with zero attached hydrogens (tertiary/aromatic N) is 4. The number of piperidine rings is 2. The number of carbonyl (C=O) groups is 5. The molecule has 0 saturated carbocycles. The number of aromatic nitrogens is 2. The second-order valence-electron chi connectivity index (χ2n) is 11.5. The molecule has 1 atom stereocenters. The Hall–Kier alpha value is -4.19. The van der Waals surface area contributed by atoms with Crippen molar-refractivity contribution in [3.05, 3.63) is 63.9 Å². The molecule has 2 saturated heterocycles. The van der Waals surface area contributed by atoms with Gasteiger partial charge in [0.05, 0.1) is 22.3 Å². The molecule has 44 heavy (non-hydrogen) atoms. The van der Waals surface area contributed by atoms with Gasteiger partial charge >= 0.3 is 0 Å². The third kappa shape index (κ3) is 6.08. The van der Waals surface area contributed by atoms with Gasteiger partial charge in [0.25, 0.3) is 11.8 Å². The minimum Gasteiger partial charge on any atom is -0.385 e. The molecule has 6 rings (SSSR count). The fraction of sp³-hybridized carbons (Fsp3) is 0.406. The Labute approximate surface area is 262 Å². The molecule has 0 bridgehead atoms. The smallest absolute Gasteiger partial charge is 0.262 e. The van der Waals surface area contributed by atoms with Crippen LogP contribution in [0.4, 0.5) is 5.69 Å². The summed E-state index contributed by atoms with van der Waals surface area (Å²) in [5.41, 5.74) is 3.93. The van der Waals surface area contributed by atoms with E-state index in [4.69, 9.17) is 4.98 Å². The van der Waals surface area contributed by atoms with Gasteiger partial charge in [0.1, 0.15) is 11.6 Å². The van der Waals surface area contributed by atoms with E-state index in [2.05, 4.69) is 31.5 Å². The first-order valence-electron chi connectivity index (χ1n) is 15.1. The minimum atomic E-state index is -0.979. The molecular weight excluding hydrogens is 628 g/mol. The van der Waals surface area contributed by atoms with Crippen LogP contribution in [0.25, 0.3) is 11.0 Å². The summed E-state index contributed by atoms with van der Waals surface area (Å²) < 4.78 is 0.935. The number of nitrogens with one attached hydrogen (secondary N) is 2. The number of unbranched alkanes of at least 4 members (excludes halogenated alkanes) is 2. The highest BCUT2D eigenvalue weighted by molar-refractivity contribution is 9.10. The molecule has 2 N–H and O–H groups in total. The van der Waals surface area contributed by atoms with Crippen molar-refractivity contribution in [3.8, 4) is 0 Å². The highest BCUT2D eigenvalue weighted by Crippen LogP contribution is 2.31. The Bertz CT molecular complexity index is 1650. The quantitative estimate of drug-likeness (QED) is 0.257. The Morgan fingerprint density at radius 2 is 1.77 bits per heavy atom. The highest BCUT2D eigenvalue weighted by Gasteiger charge is 2.44. The Kier molecular flexibility index (Phi) is 8.69. The molecule has 228 valence electrons. The number of likely N-dealkylation sites (tertiary alicyclic amines) is 1. The van der Waals surface area contributed by atoms with Gasteiger partial charge in [-0.1, -0.05) is 12.5 Å². The molecule has 0 spiro atoms. The Balaban J connectivity index is 0.916. The normalized spacial score (nSPS) is 19.0. The second kappa shape index (κ2) is 12.8. The van der Waals surface area contributed by atoms with Gasteiger partial charge in [0.2, 0.25) is 17.7 Å². The van der Waals surface area contributed by atoms with E-state index >= 15 is 0 Å². The molecule has 5 amide bonds. The monoisotopic (exact) mass is 660 g/mol. The minimum absolute atomic E-state index is 0.0842. The van der Waals surface area contributed by atoms with Crippen LogP contribution in [0.1, 0.15) is 83.7 Å². The first-order chi connectivity index (χ1) is 21.3. The highest BCUT2D eigenvalue weighted by atomic mass is 79.9. The molecule has 3 aliphatic rings. The molecule has 12 heteroatoms. The molecule has 11 nitrogen and oxygen atoms in total. The summed E-state index contributed by atoms with van der Waals surface area (Å²) in [5, 5.41) is 5.49. The van der Waals surface area contributed by atoms with Crippen LogP contribution in [-0.2, 0) is 14.4 Å². The zero-order valence-electron chi connectivity index (χ0n) is 24.2. The van der Waals surface area contributed by atoms with Crippen molar-refractivity contribution in [2.45, 2.75) is 63.3 Å². The van der Waals surface area contributed by atoms with Crippen LogP contribution in [0.3, 0.4) is 0 Å². The summed E-state index contributed by atoms with van der Waals surface area (Å²) in [6.07, 6.45) is 6.85. The van der Waals surface area contributed by atoms with Gasteiger partial charge in [0.15, 0.2) is 0 Å². The number of hydrogen-bond acceptors (Lipinski definition) is 8. The van der Waals surface area contributed by atoms with Gasteiger partial charge in [-0.3, -0.25) is 39.2 Å². The van der Waals surface area contributed by atoms with E-state index in [-0.39, 0.29) is 29.9 Å². The maximum atomic E-state index is 13.0. The lowest BCUT2D eigenvalue weighted by molar-refractivity contribution is -0.136. The lowest BCUT2D eigenvalue weighted by atomic mass is 9.93. The zero-order chi connectivity index (χ0) is 30.8. The molecule has 1 aromatic heterocycles. The van der Waals surface area contributed by atoms with Gasteiger partial charge in [-0.25, -0.2) is 4.98 Å². The van der Waals surface area contributed by atoms with Crippen molar-refractivity contribution in [1.82, 2.24) is 25.1 Å². The maximum absolute atomic E-state index is 13.0. The van der Waals surface area contributed by atoms with E-state index in [1.165, 1.54) is 0 Å². The standard InChI is InChI=1S/C32H33BrN6O5/c33-23-5-4-6-24-29(23)36-25(18-35-24)19-12-15-38(16-13-19)28(41)7-2-1-3-14-34-20-8-9-21-22(17-20)32(44)39(31(21)43)26-10-11-27(40)37-30(26)42/h4-6,8-9,17-19,26,34H,1-3,7,10-16H2,(H,37,40,42). The van der Waals surface area contributed by atoms with Crippen LogP contribution in [-0.4, -0.2) is 75.0 Å². The second-order valence-corrected chi connectivity index (χ2v) is 12.4. The molecule has 3 aliphatic heterocycles. The molecular formula is C32H33BrN6O5. The Morgan fingerprint density at radius 1 is 0.977 bits per heavy atom. The molecule has 0 radical (unpaired) electrons. The van der Waals surface area contributed by atoms with Gasteiger partial charge in [-0.05, 0) is 78.4 Å². The number of halogens is 1. The molecule has 4 heterocycles. The van der Waals surface area contributed by atoms with E-state index in [1.807, 2.05) is 29.3 Å². The van der Waals surface area contributed by atoms with Crippen molar-refractivity contribution in [3.63, 3.8) is 0 Å². The van der Waals surface area contributed by atoms with Gasteiger partial charge < -0.3 is 10.2 Å². The predicted octanol–water partition coefficient (Wildman–Crippen LogP) is 4.17. The SMILES string of the molecule is O=C1CCC(N2C(=O)c3ccc(NCCCCCC(=O)N4CCC(c5cnc6cccc(Br)c6n5)CC4)cc3C2=O)C(=O)N1. The Morgan fingerprint density at radius 3 is 2.57 bits per heavy atom. The maximum Gasteiger partial charge on any atom is 0.262 e. The summed E-state index contributed by atoms with van der Waals surface area (Å²) >= 11 is 3.56. The molecule has 1 unspecified atom stereocenters. The fourth-order valence-corrected chi connectivity index (χ4v) is 6.63. The molecule has 3 aromatic rings. The topological polar surface area (TPSA) is 142 Å². The summed E-state index contributed by atoms with van der Waals surface area (Å²) in [6, 6.07) is 9.86. The van der Waals surface area contributed by atoms with E-state index in [0.717, 1.165) is 71.3 Å². The lowest BCUT2D eigenvalue weighted by Crippen LogP contribution is -2.54. The summed E-state index contributed by atoms with van der Waals surface area (Å²) in [7, 11) is 0. The number of fused-ring (bicyclic) bond motifs is 2. The summed E-state index contributed by atoms with van der Waals surface area (Å²) in [4.78, 5) is 74.8. The lowest BCUT2D eigenvalue weighted by Gasteiger charge is -2.31. The van der Waals surface area contributed by atoms with Crippen molar-refractivity contribution >= 4 is 62.2 Å². The number of benzene rings is 2. The third-order valence-corrected chi connectivity index (χ3v) is 9.28. The van der Waals surface area contributed by atoms with E-state index < -0.39 is 29.7 Å². The number of para-hydroxylation sites is 1. The van der Waals surface area contributed by atoms with Gasteiger partial charge in [-0.2, -0.15) is 0 Å². The summed E-state index contributed by atoms with van der Waals surface area (Å²) in [6.45, 7) is 2.10. The number of hydrogen-bond donors (Lipinski definition) is 2. The number of anilines is 1. The first-order valence-corrected chi connectivity index (χ1v) is 15.9. The van der Waals surface area contributed by atoms with Crippen molar-refractivity contribution in [2.75, 3.05) is 25.0 Å². The van der Waals surface area contributed by atoms with E-state index in [0.29, 0.717) is 24.6 Å². The number of rotatable bonds is 9. The predicted molar refractivity (Wildman–Crippen MR) is 166 cm³/mol. The number of carbonyl (C=O) groups excluding carboxylic acids is 5. The average Bonchev–Trinajstić information content (AvgIpc) is 3.27. The van der Waals surface area contributed by atoms with Gasteiger partial charge in [0, 0.05) is 54.8 Å². The van der Waals surface area contributed by atoms with Crippen LogP contribution >= 0.6 is 15.9 Å². The van der Waals surface area contributed by atoms with Crippen LogP contribution in [0.2, 0.25) is 0 Å². The number of imide groups is 2. The van der Waals surface area contributed by atoms with Crippen molar-refractivity contribution < 1.29 is 24.0 Å². The summed E-state index contributed by atoms with van der Waals surface area (Å²) in [5.74, 6) is -1.59. The molecule has 0 aliphatic carbocycles. The van der Waals surface area contributed by atoms with E-state index in [1.54, 1.807) is 18.2 Å². The van der Waals surface area contributed by atoms with Crippen molar-refractivity contribution in [2.24, 2.45) is 0 Å². The number of amides is 5. The van der Waals surface area contributed by atoms with Crippen LogP contribution in [0.5, 0.6) is 0 Å². The molecule has 2 aromatic carbocycles. The molecule has 2 fully saturated rings.